The molecule has 0 radical (unpaired) electrons. The summed E-state index contributed by atoms with van der Waals surface area (Å²) in [6.45, 7) is 5.71. The van der Waals surface area contributed by atoms with Crippen LogP contribution in [-0.4, -0.2) is 27.8 Å². The summed E-state index contributed by atoms with van der Waals surface area (Å²) in [4.78, 5) is 22.6. The van der Waals surface area contributed by atoms with Gasteiger partial charge >= 0.3 is 12.0 Å². The molecule has 0 unspecified atom stereocenters. The minimum Gasteiger partial charge on any atom is -0.507 e. The van der Waals surface area contributed by atoms with Crippen LogP contribution in [0.5, 0.6) is 5.75 Å². The molecule has 1 aromatic carbocycles. The molecule has 0 aliphatic heterocycles. The molecule has 0 aliphatic carbocycles. The molecule has 0 heterocycles. The Bertz CT molecular complexity index is 497. The van der Waals surface area contributed by atoms with E-state index >= 15 is 0 Å². The number of nitrogens with one attached hydrogen (secondary N) is 2. The molecule has 2 amide bonds. The van der Waals surface area contributed by atoms with Gasteiger partial charge in [-0.15, -0.1) is 0 Å². The molecule has 0 spiro atoms. The van der Waals surface area contributed by atoms with Crippen molar-refractivity contribution in [2.24, 2.45) is 0 Å². The first kappa shape index (κ1) is 14.8. The lowest BCUT2D eigenvalue weighted by molar-refractivity contribution is 0.0693. The Balaban J connectivity index is 2.81. The largest absolute Gasteiger partial charge is 0.507 e. The third-order valence-corrected chi connectivity index (χ3v) is 2.82. The van der Waals surface area contributed by atoms with Crippen LogP contribution in [0.2, 0.25) is 0 Å². The number of hydrogen-bond acceptors (Lipinski definition) is 3. The fourth-order valence-corrected chi connectivity index (χ4v) is 1.34. The van der Waals surface area contributed by atoms with E-state index in [4.69, 9.17) is 5.11 Å². The highest BCUT2D eigenvalue weighted by Gasteiger charge is 2.18. The molecular weight excluding hydrogens is 248 g/mol. The second-order valence-electron chi connectivity index (χ2n) is 4.85. The molecule has 0 saturated carbocycles. The van der Waals surface area contributed by atoms with Crippen molar-refractivity contribution >= 4 is 17.7 Å². The maximum atomic E-state index is 11.7. The van der Waals surface area contributed by atoms with Gasteiger partial charge in [0, 0.05) is 11.2 Å². The fraction of sp³-hybridized carbons (Fsp3) is 0.385. The summed E-state index contributed by atoms with van der Waals surface area (Å²) >= 11 is 0. The van der Waals surface area contributed by atoms with Crippen molar-refractivity contribution < 1.29 is 19.8 Å². The van der Waals surface area contributed by atoms with E-state index in [0.717, 1.165) is 6.42 Å². The molecule has 6 heteroatoms. The lowest BCUT2D eigenvalue weighted by Crippen LogP contribution is -2.45. The Morgan fingerprint density at radius 1 is 1.32 bits per heavy atom. The van der Waals surface area contributed by atoms with Crippen molar-refractivity contribution in [3.8, 4) is 5.75 Å². The van der Waals surface area contributed by atoms with Crippen LogP contribution in [0.3, 0.4) is 0 Å². The van der Waals surface area contributed by atoms with Gasteiger partial charge in [-0.3, -0.25) is 0 Å². The van der Waals surface area contributed by atoms with E-state index in [2.05, 4.69) is 10.6 Å². The lowest BCUT2D eigenvalue weighted by Gasteiger charge is -2.24. The number of benzene rings is 1. The maximum Gasteiger partial charge on any atom is 0.339 e. The predicted octanol–water partition coefficient (Wildman–Crippen LogP) is 2.40. The van der Waals surface area contributed by atoms with Gasteiger partial charge in [0.25, 0.3) is 0 Å². The van der Waals surface area contributed by atoms with Gasteiger partial charge in [-0.25, -0.2) is 9.59 Å². The normalized spacial score (nSPS) is 10.9. The molecule has 19 heavy (non-hydrogen) atoms. The van der Waals surface area contributed by atoms with E-state index in [1.54, 1.807) is 0 Å². The van der Waals surface area contributed by atoms with E-state index in [-0.39, 0.29) is 16.9 Å². The molecule has 4 N–H and O–H groups in total. The van der Waals surface area contributed by atoms with Crippen molar-refractivity contribution in [1.82, 2.24) is 5.32 Å². The average molecular weight is 266 g/mol. The number of carbonyl (C=O) groups excluding carboxylic acids is 1. The van der Waals surface area contributed by atoms with E-state index in [9.17, 15) is 14.7 Å². The SMILES string of the molecule is CCC(C)(C)NC(=O)Nc1ccc(O)c(C(=O)O)c1. The molecule has 0 atom stereocenters. The number of phenols is 1. The smallest absolute Gasteiger partial charge is 0.339 e. The highest BCUT2D eigenvalue weighted by Crippen LogP contribution is 2.21. The Kier molecular flexibility index (Phi) is 4.37. The molecule has 104 valence electrons. The molecule has 0 saturated heterocycles. The van der Waals surface area contributed by atoms with Crippen molar-refractivity contribution in [2.75, 3.05) is 5.32 Å². The van der Waals surface area contributed by atoms with E-state index in [0.29, 0.717) is 5.69 Å². The summed E-state index contributed by atoms with van der Waals surface area (Å²) in [5.41, 5.74) is -0.302. The zero-order valence-corrected chi connectivity index (χ0v) is 11.2. The first-order chi connectivity index (χ1) is 8.75. The Morgan fingerprint density at radius 2 is 1.95 bits per heavy atom. The minimum absolute atomic E-state index is 0.257. The third kappa shape index (κ3) is 4.17. The van der Waals surface area contributed by atoms with Gasteiger partial charge in [0.1, 0.15) is 11.3 Å². The van der Waals surface area contributed by atoms with Gasteiger partial charge in [0.15, 0.2) is 0 Å². The molecule has 0 aromatic heterocycles. The summed E-state index contributed by atoms with van der Waals surface area (Å²) in [7, 11) is 0. The van der Waals surface area contributed by atoms with Crippen LogP contribution in [0.1, 0.15) is 37.6 Å². The third-order valence-electron chi connectivity index (χ3n) is 2.82. The standard InChI is InChI=1S/C13H18N2O4/c1-4-13(2,3)15-12(19)14-8-5-6-10(16)9(7-8)11(17)18/h5-7,16H,4H2,1-3H3,(H,17,18)(H2,14,15,19). The van der Waals surface area contributed by atoms with Crippen LogP contribution in [0.25, 0.3) is 0 Å². The van der Waals surface area contributed by atoms with Gasteiger partial charge in [-0.2, -0.15) is 0 Å². The second kappa shape index (κ2) is 5.60. The molecule has 1 aromatic rings. The number of rotatable bonds is 4. The number of carboxylic acid groups (broad SMARTS) is 1. The predicted molar refractivity (Wildman–Crippen MR) is 71.6 cm³/mol. The first-order valence-corrected chi connectivity index (χ1v) is 5.90. The fourth-order valence-electron chi connectivity index (χ4n) is 1.34. The number of carboxylic acids is 1. The average Bonchev–Trinajstić information content (AvgIpc) is 2.30. The number of aromatic hydroxyl groups is 1. The van der Waals surface area contributed by atoms with Crippen molar-refractivity contribution in [1.29, 1.82) is 0 Å². The van der Waals surface area contributed by atoms with Gasteiger partial charge in [0.2, 0.25) is 0 Å². The van der Waals surface area contributed by atoms with Gasteiger partial charge in [-0.1, -0.05) is 6.92 Å². The van der Waals surface area contributed by atoms with Gasteiger partial charge in [-0.05, 0) is 38.5 Å². The monoisotopic (exact) mass is 266 g/mol. The van der Waals surface area contributed by atoms with E-state index in [1.165, 1.54) is 18.2 Å². The summed E-state index contributed by atoms with van der Waals surface area (Å²) in [6.07, 6.45) is 0.760. The van der Waals surface area contributed by atoms with E-state index in [1.807, 2.05) is 20.8 Å². The maximum absolute atomic E-state index is 11.7. The molecule has 0 fully saturated rings. The van der Waals surface area contributed by atoms with Crippen LogP contribution >= 0.6 is 0 Å². The first-order valence-electron chi connectivity index (χ1n) is 5.90. The van der Waals surface area contributed by atoms with Crippen LogP contribution in [0, 0.1) is 0 Å². The number of anilines is 1. The summed E-state index contributed by atoms with van der Waals surface area (Å²) in [5, 5.41) is 23.5. The van der Waals surface area contributed by atoms with E-state index < -0.39 is 12.0 Å². The topological polar surface area (TPSA) is 98.7 Å². The Morgan fingerprint density at radius 3 is 2.47 bits per heavy atom. The number of carbonyl (C=O) groups is 2. The molecule has 1 rings (SSSR count). The van der Waals surface area contributed by atoms with Crippen LogP contribution < -0.4 is 10.6 Å². The van der Waals surface area contributed by atoms with Gasteiger partial charge in [0.05, 0.1) is 0 Å². The quantitative estimate of drug-likeness (QED) is 0.629. The van der Waals surface area contributed by atoms with Crippen molar-refractivity contribution in [3.63, 3.8) is 0 Å². The van der Waals surface area contributed by atoms with Crippen LogP contribution in [0.15, 0.2) is 18.2 Å². The Labute approximate surface area is 111 Å². The second-order valence-corrected chi connectivity index (χ2v) is 4.85. The molecule has 0 aliphatic rings. The molecule has 6 nitrogen and oxygen atoms in total. The molecule has 0 bridgehead atoms. The number of amides is 2. The number of hydrogen-bond donors (Lipinski definition) is 4. The Hall–Kier alpha value is -2.24. The number of aromatic carboxylic acids is 1. The zero-order valence-electron chi connectivity index (χ0n) is 11.2. The minimum atomic E-state index is -1.25. The zero-order chi connectivity index (χ0) is 14.6. The van der Waals surface area contributed by atoms with Crippen LogP contribution in [0.4, 0.5) is 10.5 Å². The summed E-state index contributed by atoms with van der Waals surface area (Å²) < 4.78 is 0. The highest BCUT2D eigenvalue weighted by atomic mass is 16.4. The summed E-state index contributed by atoms with van der Waals surface area (Å²) in [5.74, 6) is -1.59. The van der Waals surface area contributed by atoms with Crippen LogP contribution in [-0.2, 0) is 0 Å². The molecular formula is C13H18N2O4. The van der Waals surface area contributed by atoms with Gasteiger partial charge < -0.3 is 20.8 Å². The van der Waals surface area contributed by atoms with Crippen molar-refractivity contribution in [2.45, 2.75) is 32.7 Å². The highest BCUT2D eigenvalue weighted by molar-refractivity contribution is 5.95. The number of urea groups is 1. The van der Waals surface area contributed by atoms with Crippen molar-refractivity contribution in [3.05, 3.63) is 23.8 Å². The lowest BCUT2D eigenvalue weighted by atomic mass is 10.0. The summed E-state index contributed by atoms with van der Waals surface area (Å²) in [6, 6.07) is 3.44.